The summed E-state index contributed by atoms with van der Waals surface area (Å²) >= 11 is 0. The molecule has 0 radical (unpaired) electrons. The van der Waals surface area contributed by atoms with Crippen molar-refractivity contribution in [3.8, 4) is 5.75 Å². The monoisotopic (exact) mass is 249 g/mol. The lowest BCUT2D eigenvalue weighted by atomic mass is 10.1. The summed E-state index contributed by atoms with van der Waals surface area (Å²) in [6.45, 7) is 7.32. The van der Waals surface area contributed by atoms with Gasteiger partial charge in [-0.1, -0.05) is 26.0 Å². The molecule has 3 heteroatoms. The molecule has 0 heterocycles. The first-order chi connectivity index (χ1) is 8.67. The lowest BCUT2D eigenvalue weighted by molar-refractivity contribution is -0.124. The normalized spacial score (nSPS) is 11.9. The minimum Gasteiger partial charge on any atom is -0.494 e. The summed E-state index contributed by atoms with van der Waals surface area (Å²) in [4.78, 5) is 11.6. The fourth-order valence-electron chi connectivity index (χ4n) is 1.61. The van der Waals surface area contributed by atoms with E-state index in [1.807, 2.05) is 45.0 Å². The molecule has 1 N–H and O–H groups in total. The van der Waals surface area contributed by atoms with Crippen LogP contribution in [-0.4, -0.2) is 19.1 Å². The topological polar surface area (TPSA) is 38.3 Å². The van der Waals surface area contributed by atoms with Crippen LogP contribution in [0.3, 0.4) is 0 Å². The van der Waals surface area contributed by atoms with E-state index in [1.54, 1.807) is 0 Å². The summed E-state index contributed by atoms with van der Waals surface area (Å²) in [6.07, 6.45) is 1.74. The molecule has 0 aliphatic rings. The van der Waals surface area contributed by atoms with Crippen LogP contribution in [0.1, 0.15) is 32.8 Å². The van der Waals surface area contributed by atoms with Crippen LogP contribution in [0.25, 0.3) is 0 Å². The van der Waals surface area contributed by atoms with E-state index in [0.29, 0.717) is 13.2 Å². The Morgan fingerprint density at radius 3 is 2.50 bits per heavy atom. The smallest absolute Gasteiger partial charge is 0.222 e. The van der Waals surface area contributed by atoms with Crippen molar-refractivity contribution in [2.45, 2.75) is 33.6 Å². The summed E-state index contributed by atoms with van der Waals surface area (Å²) in [5.41, 5.74) is 1.21. The number of nitrogens with one attached hydrogen (secondary N) is 1. The van der Waals surface area contributed by atoms with Crippen molar-refractivity contribution in [1.82, 2.24) is 5.32 Å². The van der Waals surface area contributed by atoms with Crippen LogP contribution in [0.2, 0.25) is 0 Å². The van der Waals surface area contributed by atoms with Gasteiger partial charge >= 0.3 is 0 Å². The molecule has 1 aromatic carbocycles. The third-order valence-corrected chi connectivity index (χ3v) is 3.01. The van der Waals surface area contributed by atoms with Gasteiger partial charge in [-0.3, -0.25) is 4.79 Å². The highest BCUT2D eigenvalue weighted by Gasteiger charge is 2.08. The van der Waals surface area contributed by atoms with Gasteiger partial charge in [0, 0.05) is 12.5 Å². The van der Waals surface area contributed by atoms with Gasteiger partial charge in [0.25, 0.3) is 0 Å². The Balaban J connectivity index is 2.33. The van der Waals surface area contributed by atoms with E-state index >= 15 is 0 Å². The van der Waals surface area contributed by atoms with Crippen LogP contribution in [0.5, 0.6) is 5.75 Å². The van der Waals surface area contributed by atoms with E-state index in [9.17, 15) is 4.79 Å². The Bertz CT molecular complexity index is 359. The molecule has 0 bridgehead atoms. The third-order valence-electron chi connectivity index (χ3n) is 3.01. The van der Waals surface area contributed by atoms with E-state index in [2.05, 4.69) is 5.32 Å². The zero-order valence-electron chi connectivity index (χ0n) is 11.5. The molecule has 0 aromatic heterocycles. The summed E-state index contributed by atoms with van der Waals surface area (Å²) in [5, 5.41) is 2.95. The molecule has 1 rings (SSSR count). The van der Waals surface area contributed by atoms with Crippen molar-refractivity contribution in [2.24, 2.45) is 5.92 Å². The Morgan fingerprint density at radius 2 is 1.94 bits per heavy atom. The van der Waals surface area contributed by atoms with Crippen molar-refractivity contribution < 1.29 is 9.53 Å². The van der Waals surface area contributed by atoms with Gasteiger partial charge in [-0.25, -0.2) is 0 Å². The first-order valence-corrected chi connectivity index (χ1v) is 6.66. The van der Waals surface area contributed by atoms with Gasteiger partial charge in [-0.2, -0.15) is 0 Å². The number of hydrogen-bond acceptors (Lipinski definition) is 2. The standard InChI is InChI=1S/C15H23NO2/c1-4-12(3)15(17)16-11-10-13-6-8-14(9-7-13)18-5-2/h6-9,12H,4-5,10-11H2,1-3H3,(H,16,17). The quantitative estimate of drug-likeness (QED) is 0.807. The van der Waals surface area contributed by atoms with Crippen molar-refractivity contribution in [1.29, 1.82) is 0 Å². The maximum atomic E-state index is 11.6. The molecule has 0 fully saturated rings. The van der Waals surface area contributed by atoms with Crippen molar-refractivity contribution >= 4 is 5.91 Å². The lowest BCUT2D eigenvalue weighted by Gasteiger charge is -2.10. The van der Waals surface area contributed by atoms with E-state index in [-0.39, 0.29) is 11.8 Å². The minimum atomic E-state index is 0.102. The zero-order chi connectivity index (χ0) is 13.4. The first kappa shape index (κ1) is 14.6. The molecule has 0 saturated carbocycles. The van der Waals surface area contributed by atoms with E-state index < -0.39 is 0 Å². The second-order valence-electron chi connectivity index (χ2n) is 4.43. The van der Waals surface area contributed by atoms with Crippen LogP contribution in [-0.2, 0) is 11.2 Å². The van der Waals surface area contributed by atoms with E-state index in [4.69, 9.17) is 4.74 Å². The molecule has 1 unspecified atom stereocenters. The van der Waals surface area contributed by atoms with Crippen molar-refractivity contribution in [2.75, 3.05) is 13.2 Å². The molecule has 0 aliphatic heterocycles. The molecule has 0 spiro atoms. The fourth-order valence-corrected chi connectivity index (χ4v) is 1.61. The Kier molecular flexibility index (Phi) is 6.26. The molecular weight excluding hydrogens is 226 g/mol. The predicted octanol–water partition coefficient (Wildman–Crippen LogP) is 2.79. The fraction of sp³-hybridized carbons (Fsp3) is 0.533. The molecule has 3 nitrogen and oxygen atoms in total. The van der Waals surface area contributed by atoms with E-state index in [0.717, 1.165) is 18.6 Å². The van der Waals surface area contributed by atoms with E-state index in [1.165, 1.54) is 5.56 Å². The molecule has 0 aliphatic carbocycles. The molecule has 0 saturated heterocycles. The van der Waals surface area contributed by atoms with Gasteiger partial charge in [0.1, 0.15) is 5.75 Å². The minimum absolute atomic E-state index is 0.102. The van der Waals surface area contributed by atoms with Crippen molar-refractivity contribution in [3.05, 3.63) is 29.8 Å². The van der Waals surface area contributed by atoms with Crippen molar-refractivity contribution in [3.63, 3.8) is 0 Å². The second kappa shape index (κ2) is 7.75. The predicted molar refractivity (Wildman–Crippen MR) is 73.8 cm³/mol. The lowest BCUT2D eigenvalue weighted by Crippen LogP contribution is -2.30. The molecule has 100 valence electrons. The van der Waals surface area contributed by atoms with Gasteiger partial charge in [-0.15, -0.1) is 0 Å². The largest absolute Gasteiger partial charge is 0.494 e. The maximum absolute atomic E-state index is 11.6. The highest BCUT2D eigenvalue weighted by Crippen LogP contribution is 2.12. The van der Waals surface area contributed by atoms with Gasteiger partial charge < -0.3 is 10.1 Å². The molecule has 1 amide bonds. The van der Waals surface area contributed by atoms with Crippen LogP contribution >= 0.6 is 0 Å². The summed E-state index contributed by atoms with van der Waals surface area (Å²) < 4.78 is 5.38. The van der Waals surface area contributed by atoms with Gasteiger partial charge in [0.05, 0.1) is 6.61 Å². The summed E-state index contributed by atoms with van der Waals surface area (Å²) in [7, 11) is 0. The second-order valence-corrected chi connectivity index (χ2v) is 4.43. The molecule has 18 heavy (non-hydrogen) atoms. The van der Waals surface area contributed by atoms with Gasteiger partial charge in [0.15, 0.2) is 0 Å². The first-order valence-electron chi connectivity index (χ1n) is 6.66. The number of carbonyl (C=O) groups excluding carboxylic acids is 1. The van der Waals surface area contributed by atoms with Crippen LogP contribution in [0, 0.1) is 5.92 Å². The molecule has 1 atom stereocenters. The van der Waals surface area contributed by atoms with Gasteiger partial charge in [0.2, 0.25) is 5.91 Å². The molecular formula is C15H23NO2. The number of amides is 1. The SMILES string of the molecule is CCOc1ccc(CCNC(=O)C(C)CC)cc1. The van der Waals surface area contributed by atoms with Crippen LogP contribution < -0.4 is 10.1 Å². The molecule has 1 aromatic rings. The summed E-state index contributed by atoms with van der Waals surface area (Å²) in [6, 6.07) is 8.02. The highest BCUT2D eigenvalue weighted by molar-refractivity contribution is 5.78. The highest BCUT2D eigenvalue weighted by atomic mass is 16.5. The van der Waals surface area contributed by atoms with Gasteiger partial charge in [-0.05, 0) is 37.5 Å². The summed E-state index contributed by atoms with van der Waals surface area (Å²) in [5.74, 6) is 1.14. The third kappa shape index (κ3) is 4.78. The number of rotatable bonds is 7. The average Bonchev–Trinajstić information content (AvgIpc) is 2.40. The van der Waals surface area contributed by atoms with Crippen LogP contribution in [0.4, 0.5) is 0 Å². The Hall–Kier alpha value is -1.51. The average molecular weight is 249 g/mol. The number of hydrogen-bond donors (Lipinski definition) is 1. The number of ether oxygens (including phenoxy) is 1. The number of benzene rings is 1. The van der Waals surface area contributed by atoms with Crippen LogP contribution in [0.15, 0.2) is 24.3 Å². The number of carbonyl (C=O) groups is 1. The maximum Gasteiger partial charge on any atom is 0.222 e. The zero-order valence-corrected chi connectivity index (χ0v) is 11.5. The Labute approximate surface area is 110 Å². The Morgan fingerprint density at radius 1 is 1.28 bits per heavy atom.